The van der Waals surface area contributed by atoms with E-state index in [0.717, 1.165) is 23.3 Å². The molecule has 0 aromatic carbocycles. The van der Waals surface area contributed by atoms with E-state index in [1.807, 2.05) is 24.4 Å². The van der Waals surface area contributed by atoms with Gasteiger partial charge in [0.2, 0.25) is 0 Å². The Bertz CT molecular complexity index is 491. The average Bonchev–Trinajstić information content (AvgIpc) is 2.87. The van der Waals surface area contributed by atoms with Crippen molar-refractivity contribution in [3.8, 4) is 11.8 Å². The molecular weight excluding hydrogens is 268 g/mol. The first-order chi connectivity index (χ1) is 9.52. The van der Waals surface area contributed by atoms with Crippen molar-refractivity contribution in [2.45, 2.75) is 46.1 Å². The number of hydrogen-bond acceptors (Lipinski definition) is 3. The zero-order chi connectivity index (χ0) is 15.0. The third kappa shape index (κ3) is 6.08. The zero-order valence-electron chi connectivity index (χ0n) is 12.4. The van der Waals surface area contributed by atoms with E-state index in [-0.39, 0.29) is 18.0 Å². The molecule has 2 atom stereocenters. The smallest absolute Gasteiger partial charge is 0.312 e. The van der Waals surface area contributed by atoms with Crippen LogP contribution in [0.25, 0.3) is 0 Å². The second-order valence-electron chi connectivity index (χ2n) is 4.98. The topological polar surface area (TPSA) is 26.3 Å². The second kappa shape index (κ2) is 8.60. The number of hydrogen-bond donors (Lipinski definition) is 0. The van der Waals surface area contributed by atoms with Gasteiger partial charge in [0.05, 0.1) is 6.42 Å². The highest BCUT2D eigenvalue weighted by molar-refractivity contribution is 7.10. The SMILES string of the molecule is C=C(C)C#CC(OC(=O)Cc1cccs1)C(C)CCC. The highest BCUT2D eigenvalue weighted by atomic mass is 32.1. The monoisotopic (exact) mass is 290 g/mol. The summed E-state index contributed by atoms with van der Waals surface area (Å²) in [5, 5.41) is 1.96. The molecule has 0 aliphatic heterocycles. The Balaban J connectivity index is 2.66. The summed E-state index contributed by atoms with van der Waals surface area (Å²) in [6.45, 7) is 9.80. The largest absolute Gasteiger partial charge is 0.449 e. The fourth-order valence-corrected chi connectivity index (χ4v) is 2.52. The first kappa shape index (κ1) is 16.5. The van der Waals surface area contributed by atoms with Crippen LogP contribution in [0.1, 0.15) is 38.5 Å². The molecule has 0 bridgehead atoms. The van der Waals surface area contributed by atoms with E-state index in [4.69, 9.17) is 4.74 Å². The van der Waals surface area contributed by atoms with E-state index in [1.54, 1.807) is 11.3 Å². The Morgan fingerprint density at radius 2 is 2.30 bits per heavy atom. The molecule has 1 heterocycles. The van der Waals surface area contributed by atoms with Gasteiger partial charge >= 0.3 is 5.97 Å². The van der Waals surface area contributed by atoms with Crippen LogP contribution in [-0.2, 0) is 16.0 Å². The van der Waals surface area contributed by atoms with E-state index < -0.39 is 0 Å². The summed E-state index contributed by atoms with van der Waals surface area (Å²) in [7, 11) is 0. The fourth-order valence-electron chi connectivity index (χ4n) is 1.83. The zero-order valence-corrected chi connectivity index (χ0v) is 13.3. The Labute approximate surface area is 125 Å². The Kier molecular flexibility index (Phi) is 7.11. The third-order valence-corrected chi connectivity index (χ3v) is 3.72. The van der Waals surface area contributed by atoms with E-state index in [0.29, 0.717) is 6.42 Å². The maximum Gasteiger partial charge on any atom is 0.312 e. The molecule has 1 aromatic heterocycles. The molecule has 3 heteroatoms. The maximum absolute atomic E-state index is 12.0. The van der Waals surface area contributed by atoms with Gasteiger partial charge in [-0.25, -0.2) is 0 Å². The van der Waals surface area contributed by atoms with Gasteiger partial charge in [-0.15, -0.1) is 11.3 Å². The van der Waals surface area contributed by atoms with Crippen molar-refractivity contribution >= 4 is 17.3 Å². The summed E-state index contributed by atoms with van der Waals surface area (Å²) >= 11 is 1.56. The molecule has 20 heavy (non-hydrogen) atoms. The van der Waals surface area contributed by atoms with Crippen molar-refractivity contribution in [2.24, 2.45) is 5.92 Å². The molecule has 1 aromatic rings. The lowest BCUT2D eigenvalue weighted by Crippen LogP contribution is -2.24. The van der Waals surface area contributed by atoms with E-state index in [1.165, 1.54) is 0 Å². The summed E-state index contributed by atoms with van der Waals surface area (Å²) in [4.78, 5) is 13.0. The van der Waals surface area contributed by atoms with E-state index in [9.17, 15) is 4.79 Å². The molecule has 0 radical (unpaired) electrons. The Hall–Kier alpha value is -1.53. The number of rotatable bonds is 6. The number of ether oxygens (including phenoxy) is 1. The van der Waals surface area contributed by atoms with Gasteiger partial charge < -0.3 is 4.74 Å². The molecular formula is C17H22O2S. The van der Waals surface area contributed by atoms with Crippen molar-refractivity contribution in [1.82, 2.24) is 0 Å². The molecule has 108 valence electrons. The van der Waals surface area contributed by atoms with Crippen LogP contribution in [0.3, 0.4) is 0 Å². The standard InChI is InChI=1S/C17H22O2S/c1-5-7-14(4)16(10-9-13(2)3)19-17(18)12-15-8-6-11-20-15/h6,8,11,14,16H,2,5,7,12H2,1,3-4H3. The molecule has 2 nitrogen and oxygen atoms in total. The van der Waals surface area contributed by atoms with E-state index >= 15 is 0 Å². The second-order valence-corrected chi connectivity index (χ2v) is 6.01. The van der Waals surface area contributed by atoms with Crippen LogP contribution in [0, 0.1) is 17.8 Å². The highest BCUT2D eigenvalue weighted by Crippen LogP contribution is 2.16. The summed E-state index contributed by atoms with van der Waals surface area (Å²) in [6, 6.07) is 3.88. The van der Waals surface area contributed by atoms with Crippen LogP contribution in [0.15, 0.2) is 29.7 Å². The minimum absolute atomic E-state index is 0.212. The van der Waals surface area contributed by atoms with Crippen LogP contribution >= 0.6 is 11.3 Å². The summed E-state index contributed by atoms with van der Waals surface area (Å²) < 4.78 is 5.54. The van der Waals surface area contributed by atoms with Gasteiger partial charge in [-0.3, -0.25) is 4.79 Å². The van der Waals surface area contributed by atoms with Gasteiger partial charge in [-0.2, -0.15) is 0 Å². The number of esters is 1. The Morgan fingerprint density at radius 3 is 2.85 bits per heavy atom. The summed E-state index contributed by atoms with van der Waals surface area (Å²) in [6.07, 6.45) is 2.01. The van der Waals surface area contributed by atoms with Crippen molar-refractivity contribution < 1.29 is 9.53 Å². The number of allylic oxidation sites excluding steroid dienone is 1. The van der Waals surface area contributed by atoms with Gasteiger partial charge in [-0.05, 0) is 30.4 Å². The van der Waals surface area contributed by atoms with Gasteiger partial charge in [0.15, 0.2) is 6.10 Å². The number of thiophene rings is 1. The third-order valence-electron chi connectivity index (χ3n) is 2.85. The quantitative estimate of drug-likeness (QED) is 0.579. The minimum atomic E-state index is -0.348. The van der Waals surface area contributed by atoms with Crippen molar-refractivity contribution in [3.05, 3.63) is 34.5 Å². The number of carbonyl (C=O) groups is 1. The van der Waals surface area contributed by atoms with Gasteiger partial charge in [0.25, 0.3) is 0 Å². The highest BCUT2D eigenvalue weighted by Gasteiger charge is 2.19. The van der Waals surface area contributed by atoms with Gasteiger partial charge in [0, 0.05) is 10.8 Å². The molecule has 0 aliphatic carbocycles. The normalized spacial score (nSPS) is 12.9. The summed E-state index contributed by atoms with van der Waals surface area (Å²) in [5.41, 5.74) is 0.785. The Morgan fingerprint density at radius 1 is 1.55 bits per heavy atom. The van der Waals surface area contributed by atoms with Gasteiger partial charge in [-0.1, -0.05) is 44.8 Å². The fraction of sp³-hybridized carbons (Fsp3) is 0.471. The van der Waals surface area contributed by atoms with Crippen molar-refractivity contribution in [3.63, 3.8) is 0 Å². The lowest BCUT2D eigenvalue weighted by molar-refractivity contribution is -0.147. The molecule has 0 saturated carbocycles. The predicted octanol–water partition coefficient (Wildman–Crippen LogP) is 4.22. The van der Waals surface area contributed by atoms with Crippen molar-refractivity contribution in [2.75, 3.05) is 0 Å². The first-order valence-electron chi connectivity index (χ1n) is 6.91. The van der Waals surface area contributed by atoms with Crippen LogP contribution in [0.2, 0.25) is 0 Å². The molecule has 0 spiro atoms. The van der Waals surface area contributed by atoms with Crippen molar-refractivity contribution in [1.29, 1.82) is 0 Å². The maximum atomic E-state index is 12.0. The minimum Gasteiger partial charge on any atom is -0.449 e. The molecule has 0 N–H and O–H groups in total. The van der Waals surface area contributed by atoms with Crippen LogP contribution in [-0.4, -0.2) is 12.1 Å². The lowest BCUT2D eigenvalue weighted by atomic mass is 9.99. The number of carbonyl (C=O) groups excluding carboxylic acids is 1. The van der Waals surface area contributed by atoms with E-state index in [2.05, 4.69) is 32.3 Å². The predicted molar refractivity (Wildman–Crippen MR) is 84.6 cm³/mol. The van der Waals surface area contributed by atoms with Crippen LogP contribution in [0.5, 0.6) is 0 Å². The first-order valence-corrected chi connectivity index (χ1v) is 7.79. The van der Waals surface area contributed by atoms with Crippen LogP contribution < -0.4 is 0 Å². The molecule has 0 amide bonds. The molecule has 0 aliphatic rings. The molecule has 1 rings (SSSR count). The molecule has 2 unspecified atom stereocenters. The lowest BCUT2D eigenvalue weighted by Gasteiger charge is -2.19. The van der Waals surface area contributed by atoms with Gasteiger partial charge in [0.1, 0.15) is 0 Å². The molecule has 0 saturated heterocycles. The van der Waals surface area contributed by atoms with Crippen LogP contribution in [0.4, 0.5) is 0 Å². The summed E-state index contributed by atoms with van der Waals surface area (Å²) in [5.74, 6) is 5.98. The average molecular weight is 290 g/mol. The molecule has 0 fully saturated rings.